The SMILES string of the molecule is NC(=O)CN1CCC(C(=O)N2CCNCC2)C1. The molecule has 0 aromatic carbocycles. The Hall–Kier alpha value is -1.14. The van der Waals surface area contributed by atoms with Crippen LogP contribution in [0, 0.1) is 5.92 Å². The largest absolute Gasteiger partial charge is 0.369 e. The molecule has 0 bridgehead atoms. The van der Waals surface area contributed by atoms with Crippen LogP contribution in [0.1, 0.15) is 6.42 Å². The number of likely N-dealkylation sites (tertiary alicyclic amines) is 1. The van der Waals surface area contributed by atoms with Gasteiger partial charge in [-0.05, 0) is 13.0 Å². The molecule has 0 aliphatic carbocycles. The van der Waals surface area contributed by atoms with E-state index in [0.717, 1.165) is 39.1 Å². The molecular formula is C11H20N4O2. The fraction of sp³-hybridized carbons (Fsp3) is 0.818. The molecule has 0 radical (unpaired) electrons. The van der Waals surface area contributed by atoms with Crippen molar-refractivity contribution >= 4 is 11.8 Å². The van der Waals surface area contributed by atoms with Gasteiger partial charge >= 0.3 is 0 Å². The van der Waals surface area contributed by atoms with Crippen molar-refractivity contribution in [2.75, 3.05) is 45.8 Å². The highest BCUT2D eigenvalue weighted by Gasteiger charge is 2.32. The monoisotopic (exact) mass is 240 g/mol. The van der Waals surface area contributed by atoms with Crippen molar-refractivity contribution in [2.45, 2.75) is 6.42 Å². The maximum absolute atomic E-state index is 12.2. The molecule has 17 heavy (non-hydrogen) atoms. The van der Waals surface area contributed by atoms with Crippen LogP contribution in [0.5, 0.6) is 0 Å². The van der Waals surface area contributed by atoms with Crippen molar-refractivity contribution in [1.29, 1.82) is 0 Å². The Morgan fingerprint density at radius 3 is 2.59 bits per heavy atom. The number of carbonyl (C=O) groups excluding carboxylic acids is 2. The number of carbonyl (C=O) groups is 2. The van der Waals surface area contributed by atoms with Gasteiger partial charge in [0.05, 0.1) is 12.5 Å². The number of nitrogens with zero attached hydrogens (tertiary/aromatic N) is 2. The number of nitrogens with two attached hydrogens (primary N) is 1. The van der Waals surface area contributed by atoms with E-state index in [1.165, 1.54) is 0 Å². The highest BCUT2D eigenvalue weighted by atomic mass is 16.2. The first kappa shape index (κ1) is 12.3. The molecule has 2 aliphatic heterocycles. The molecule has 2 heterocycles. The summed E-state index contributed by atoms with van der Waals surface area (Å²) in [6.07, 6.45) is 0.843. The molecule has 0 aromatic heterocycles. The van der Waals surface area contributed by atoms with E-state index >= 15 is 0 Å². The van der Waals surface area contributed by atoms with E-state index in [2.05, 4.69) is 5.32 Å². The third-order valence-corrected chi connectivity index (χ3v) is 3.43. The molecule has 6 heteroatoms. The van der Waals surface area contributed by atoms with Crippen LogP contribution in [0.25, 0.3) is 0 Å². The third-order valence-electron chi connectivity index (χ3n) is 3.43. The van der Waals surface area contributed by atoms with Gasteiger partial charge in [0.15, 0.2) is 0 Å². The summed E-state index contributed by atoms with van der Waals surface area (Å²) >= 11 is 0. The summed E-state index contributed by atoms with van der Waals surface area (Å²) in [5.74, 6) is -0.0359. The molecule has 2 amide bonds. The minimum absolute atomic E-state index is 0.0486. The second kappa shape index (κ2) is 5.46. The Labute approximate surface area is 101 Å². The maximum atomic E-state index is 12.2. The van der Waals surface area contributed by atoms with Crippen LogP contribution in [0.2, 0.25) is 0 Å². The van der Waals surface area contributed by atoms with Crippen molar-refractivity contribution in [2.24, 2.45) is 11.7 Å². The summed E-state index contributed by atoms with van der Waals surface area (Å²) in [6, 6.07) is 0. The quantitative estimate of drug-likeness (QED) is 0.611. The molecule has 1 atom stereocenters. The number of piperazine rings is 1. The van der Waals surface area contributed by atoms with Gasteiger partial charge in [0, 0.05) is 32.7 Å². The Kier molecular flexibility index (Phi) is 3.96. The Balaban J connectivity index is 1.82. The Morgan fingerprint density at radius 1 is 1.24 bits per heavy atom. The smallest absolute Gasteiger partial charge is 0.231 e. The molecule has 2 rings (SSSR count). The van der Waals surface area contributed by atoms with Crippen molar-refractivity contribution in [3.63, 3.8) is 0 Å². The summed E-state index contributed by atoms with van der Waals surface area (Å²) in [7, 11) is 0. The Morgan fingerprint density at radius 2 is 1.94 bits per heavy atom. The fourth-order valence-corrected chi connectivity index (χ4v) is 2.54. The summed E-state index contributed by atoms with van der Waals surface area (Å²) in [4.78, 5) is 26.9. The van der Waals surface area contributed by atoms with E-state index < -0.39 is 0 Å². The molecule has 6 nitrogen and oxygen atoms in total. The van der Waals surface area contributed by atoms with Crippen LogP contribution in [0.3, 0.4) is 0 Å². The van der Waals surface area contributed by atoms with Gasteiger partial charge in [-0.3, -0.25) is 14.5 Å². The molecule has 3 N–H and O–H groups in total. The first-order chi connectivity index (χ1) is 8.16. The van der Waals surface area contributed by atoms with Crippen molar-refractivity contribution in [3.05, 3.63) is 0 Å². The second-order valence-corrected chi connectivity index (χ2v) is 4.76. The minimum Gasteiger partial charge on any atom is -0.369 e. The average Bonchev–Trinajstić information content (AvgIpc) is 2.77. The van der Waals surface area contributed by atoms with Crippen LogP contribution in [0.15, 0.2) is 0 Å². The number of rotatable bonds is 3. The number of hydrogen-bond donors (Lipinski definition) is 2. The zero-order valence-electron chi connectivity index (χ0n) is 10.0. The standard InChI is InChI=1S/C11H20N4O2/c12-10(16)8-14-4-1-9(7-14)11(17)15-5-2-13-3-6-15/h9,13H,1-8H2,(H2,12,16). The fourth-order valence-electron chi connectivity index (χ4n) is 2.54. The van der Waals surface area contributed by atoms with Crippen molar-refractivity contribution in [1.82, 2.24) is 15.1 Å². The van der Waals surface area contributed by atoms with Gasteiger partial charge < -0.3 is 16.0 Å². The van der Waals surface area contributed by atoms with Crippen LogP contribution in [-0.4, -0.2) is 67.4 Å². The van der Waals surface area contributed by atoms with E-state index in [4.69, 9.17) is 5.73 Å². The lowest BCUT2D eigenvalue weighted by Gasteiger charge is -2.29. The lowest BCUT2D eigenvalue weighted by Crippen LogP contribution is -2.48. The highest BCUT2D eigenvalue weighted by Crippen LogP contribution is 2.18. The number of primary amides is 1. The van der Waals surface area contributed by atoms with Crippen LogP contribution in [0.4, 0.5) is 0 Å². The van der Waals surface area contributed by atoms with Crippen LogP contribution < -0.4 is 11.1 Å². The van der Waals surface area contributed by atoms with E-state index in [1.54, 1.807) is 0 Å². The van der Waals surface area contributed by atoms with Crippen molar-refractivity contribution in [3.8, 4) is 0 Å². The molecule has 1 unspecified atom stereocenters. The van der Waals surface area contributed by atoms with E-state index in [9.17, 15) is 9.59 Å². The van der Waals surface area contributed by atoms with E-state index in [-0.39, 0.29) is 24.3 Å². The minimum atomic E-state index is -0.319. The predicted octanol–water partition coefficient (Wildman–Crippen LogP) is -1.77. The summed E-state index contributed by atoms with van der Waals surface area (Å²) in [6.45, 7) is 5.09. The van der Waals surface area contributed by atoms with Crippen LogP contribution in [-0.2, 0) is 9.59 Å². The third kappa shape index (κ3) is 3.17. The first-order valence-corrected chi connectivity index (χ1v) is 6.17. The number of hydrogen-bond acceptors (Lipinski definition) is 4. The molecule has 0 aromatic rings. The first-order valence-electron chi connectivity index (χ1n) is 6.17. The molecule has 0 spiro atoms. The zero-order chi connectivity index (χ0) is 12.3. The summed E-state index contributed by atoms with van der Waals surface area (Å²) in [5.41, 5.74) is 5.15. The topological polar surface area (TPSA) is 78.7 Å². The lowest BCUT2D eigenvalue weighted by molar-refractivity contribution is -0.135. The normalized spacial score (nSPS) is 26.1. The maximum Gasteiger partial charge on any atom is 0.231 e. The second-order valence-electron chi connectivity index (χ2n) is 4.76. The lowest BCUT2D eigenvalue weighted by atomic mass is 10.1. The Bertz CT molecular complexity index is 302. The molecule has 2 aliphatic rings. The molecular weight excluding hydrogens is 220 g/mol. The number of amides is 2. The summed E-state index contributed by atoms with van der Waals surface area (Å²) < 4.78 is 0. The predicted molar refractivity (Wildman–Crippen MR) is 63.2 cm³/mol. The van der Waals surface area contributed by atoms with Gasteiger partial charge in [-0.15, -0.1) is 0 Å². The molecule has 2 saturated heterocycles. The average molecular weight is 240 g/mol. The van der Waals surface area contributed by atoms with E-state index in [0.29, 0.717) is 6.54 Å². The van der Waals surface area contributed by atoms with Gasteiger partial charge in [-0.1, -0.05) is 0 Å². The summed E-state index contributed by atoms with van der Waals surface area (Å²) in [5, 5.41) is 3.23. The van der Waals surface area contributed by atoms with Gasteiger partial charge in [0.2, 0.25) is 11.8 Å². The van der Waals surface area contributed by atoms with Gasteiger partial charge in [-0.2, -0.15) is 0 Å². The van der Waals surface area contributed by atoms with Gasteiger partial charge in [-0.25, -0.2) is 0 Å². The number of nitrogens with one attached hydrogen (secondary N) is 1. The highest BCUT2D eigenvalue weighted by molar-refractivity contribution is 5.80. The zero-order valence-corrected chi connectivity index (χ0v) is 10.0. The van der Waals surface area contributed by atoms with Crippen LogP contribution >= 0.6 is 0 Å². The van der Waals surface area contributed by atoms with E-state index in [1.807, 2.05) is 9.80 Å². The van der Waals surface area contributed by atoms with Crippen molar-refractivity contribution < 1.29 is 9.59 Å². The molecule has 2 fully saturated rings. The van der Waals surface area contributed by atoms with Gasteiger partial charge in [0.1, 0.15) is 0 Å². The molecule has 96 valence electrons. The molecule has 0 saturated carbocycles. The van der Waals surface area contributed by atoms with Gasteiger partial charge in [0.25, 0.3) is 0 Å².